The molecule has 0 saturated carbocycles. The van der Waals surface area contributed by atoms with E-state index in [9.17, 15) is 23.6 Å². The fraction of sp³-hybridized carbons (Fsp3) is 0.154. The normalized spacial score (nSPS) is 11.4. The molecule has 0 unspecified atom stereocenters. The number of Topliss-reactive ketones (excluding diaryl/α,β-unsaturated/α-hetero) is 1. The van der Waals surface area contributed by atoms with Crippen molar-refractivity contribution in [2.45, 2.75) is 19.3 Å². The van der Waals surface area contributed by atoms with Crippen LogP contribution in [-0.2, 0) is 20.8 Å². The largest absolute Gasteiger partial charge is 0.478 e. The van der Waals surface area contributed by atoms with Crippen molar-refractivity contribution in [3.8, 4) is 0 Å². The van der Waals surface area contributed by atoms with Crippen LogP contribution in [0.2, 0.25) is 5.02 Å². The Balaban J connectivity index is 1.67. The Morgan fingerprint density at radius 2 is 1.57 bits per heavy atom. The Hall–Kier alpha value is -4.04. The molecule has 0 bridgehead atoms. The van der Waals surface area contributed by atoms with Gasteiger partial charge in [0.2, 0.25) is 11.7 Å². The first-order valence-corrected chi connectivity index (χ1v) is 11.1. The topological polar surface area (TPSA) is 113 Å². The first-order chi connectivity index (χ1) is 16.7. The fourth-order valence-electron chi connectivity index (χ4n) is 3.38. The van der Waals surface area contributed by atoms with E-state index in [0.717, 1.165) is 5.56 Å². The van der Waals surface area contributed by atoms with Crippen LogP contribution in [0.5, 0.6) is 0 Å². The van der Waals surface area contributed by atoms with Crippen molar-refractivity contribution < 1.29 is 28.7 Å². The van der Waals surface area contributed by atoms with Crippen LogP contribution in [-0.4, -0.2) is 28.7 Å². The molecule has 3 aromatic carbocycles. The Morgan fingerprint density at radius 1 is 0.886 bits per heavy atom. The Bertz CT molecular complexity index is 1230. The van der Waals surface area contributed by atoms with Gasteiger partial charge in [-0.05, 0) is 54.8 Å². The van der Waals surface area contributed by atoms with Crippen molar-refractivity contribution in [3.63, 3.8) is 0 Å². The number of rotatable bonds is 10. The molecule has 0 aliphatic heterocycles. The Morgan fingerprint density at radius 3 is 2.23 bits per heavy atom. The van der Waals surface area contributed by atoms with Gasteiger partial charge in [0.25, 0.3) is 5.91 Å². The van der Waals surface area contributed by atoms with Gasteiger partial charge in [-0.2, -0.15) is 0 Å². The molecule has 0 spiro atoms. The maximum atomic E-state index is 14.0. The number of amides is 2. The van der Waals surface area contributed by atoms with Gasteiger partial charge in [0.05, 0.1) is 16.3 Å². The quantitative estimate of drug-likeness (QED) is 0.343. The lowest BCUT2D eigenvalue weighted by atomic mass is 9.92. The number of carbonyl (C=O) groups is 4. The lowest BCUT2D eigenvalue weighted by Gasteiger charge is -2.17. The highest BCUT2D eigenvalue weighted by molar-refractivity contribution is 6.40. The zero-order valence-electron chi connectivity index (χ0n) is 18.5. The van der Waals surface area contributed by atoms with Crippen LogP contribution >= 0.6 is 11.6 Å². The van der Waals surface area contributed by atoms with Crippen molar-refractivity contribution in [1.29, 1.82) is 0 Å². The zero-order chi connectivity index (χ0) is 25.4. The molecular formula is C26H22ClFN2O5. The molecule has 180 valence electrons. The molecule has 35 heavy (non-hydrogen) atoms. The number of nitrogens with one attached hydrogen (secondary N) is 2. The van der Waals surface area contributed by atoms with Gasteiger partial charge in [-0.1, -0.05) is 48.0 Å². The summed E-state index contributed by atoms with van der Waals surface area (Å²) in [5, 5.41) is 13.8. The van der Waals surface area contributed by atoms with Gasteiger partial charge in [-0.3, -0.25) is 14.4 Å². The minimum atomic E-state index is -1.08. The van der Waals surface area contributed by atoms with Gasteiger partial charge in [0.1, 0.15) is 0 Å². The first kappa shape index (κ1) is 25.6. The summed E-state index contributed by atoms with van der Waals surface area (Å²) >= 11 is 5.70. The second-order valence-electron chi connectivity index (χ2n) is 7.78. The summed E-state index contributed by atoms with van der Waals surface area (Å²) in [5.74, 6) is -4.78. The van der Waals surface area contributed by atoms with E-state index in [4.69, 9.17) is 16.7 Å². The highest BCUT2D eigenvalue weighted by atomic mass is 35.5. The summed E-state index contributed by atoms with van der Waals surface area (Å²) in [6, 6.07) is 18.9. The number of hydrogen-bond acceptors (Lipinski definition) is 4. The number of carboxylic acids is 1. The third-order valence-corrected chi connectivity index (χ3v) is 5.56. The SMILES string of the molecule is O=C(CC[C@@H](Cc1ccccc1)C(=O)Nc1ccc(C(=O)O)cc1)C(=O)Nc1cccc(Cl)c1F. The zero-order valence-corrected chi connectivity index (χ0v) is 19.2. The van der Waals surface area contributed by atoms with Crippen molar-refractivity contribution in [1.82, 2.24) is 0 Å². The molecular weight excluding hydrogens is 475 g/mol. The van der Waals surface area contributed by atoms with Gasteiger partial charge >= 0.3 is 5.97 Å². The molecule has 3 N–H and O–H groups in total. The molecule has 9 heteroatoms. The average molecular weight is 497 g/mol. The number of benzene rings is 3. The number of aromatic carboxylic acids is 1. The third-order valence-electron chi connectivity index (χ3n) is 5.27. The standard InChI is InChI=1S/C26H22ClFN2O5/c27-20-7-4-8-21(23(20)28)30-25(33)22(31)14-11-18(15-16-5-2-1-3-6-16)24(32)29-19-12-9-17(10-13-19)26(34)35/h1-10,12-13,18H,11,14-15H2,(H,29,32)(H,30,33)(H,34,35)/t18-/m0/s1. The van der Waals surface area contributed by atoms with E-state index < -0.39 is 29.4 Å². The number of hydrogen-bond donors (Lipinski definition) is 3. The van der Waals surface area contributed by atoms with Gasteiger partial charge in [-0.25, -0.2) is 9.18 Å². The van der Waals surface area contributed by atoms with Crippen LogP contribution in [0.15, 0.2) is 72.8 Å². The summed E-state index contributed by atoms with van der Waals surface area (Å²) in [7, 11) is 0. The molecule has 1 atom stereocenters. The monoisotopic (exact) mass is 496 g/mol. The minimum absolute atomic E-state index is 0.0677. The van der Waals surface area contributed by atoms with E-state index in [2.05, 4.69) is 10.6 Å². The molecule has 3 rings (SSSR count). The predicted molar refractivity (Wildman–Crippen MR) is 130 cm³/mol. The number of carboxylic acid groups (broad SMARTS) is 1. The van der Waals surface area contributed by atoms with Gasteiger partial charge in [0, 0.05) is 18.0 Å². The number of anilines is 2. The van der Waals surface area contributed by atoms with Crippen LogP contribution in [0, 0.1) is 11.7 Å². The summed E-state index contributed by atoms with van der Waals surface area (Å²) in [6.07, 6.45) is 0.146. The molecule has 0 aliphatic carbocycles. The smallest absolute Gasteiger partial charge is 0.335 e. The molecule has 0 aliphatic rings. The van der Waals surface area contributed by atoms with Crippen molar-refractivity contribution in [3.05, 3.63) is 94.8 Å². The van der Waals surface area contributed by atoms with Gasteiger partial charge in [-0.15, -0.1) is 0 Å². The average Bonchev–Trinajstić information content (AvgIpc) is 2.85. The van der Waals surface area contributed by atoms with Crippen LogP contribution in [0.25, 0.3) is 0 Å². The van der Waals surface area contributed by atoms with E-state index >= 15 is 0 Å². The molecule has 0 aromatic heterocycles. The molecule has 3 aromatic rings. The maximum Gasteiger partial charge on any atom is 0.335 e. The third kappa shape index (κ3) is 7.22. The molecule has 0 fully saturated rings. The summed E-state index contributed by atoms with van der Waals surface area (Å²) in [6.45, 7) is 0. The second-order valence-corrected chi connectivity index (χ2v) is 8.18. The number of ketones is 1. The highest BCUT2D eigenvalue weighted by Gasteiger charge is 2.23. The predicted octanol–water partition coefficient (Wildman–Crippen LogP) is 4.96. The highest BCUT2D eigenvalue weighted by Crippen LogP contribution is 2.23. The molecule has 2 amide bonds. The minimum Gasteiger partial charge on any atom is -0.478 e. The summed E-state index contributed by atoms with van der Waals surface area (Å²) < 4.78 is 14.0. The van der Waals surface area contributed by atoms with Crippen LogP contribution in [0.3, 0.4) is 0 Å². The van der Waals surface area contributed by atoms with Crippen molar-refractivity contribution >= 4 is 46.5 Å². The van der Waals surface area contributed by atoms with E-state index in [1.807, 2.05) is 30.3 Å². The van der Waals surface area contributed by atoms with Gasteiger partial charge < -0.3 is 15.7 Å². The fourth-order valence-corrected chi connectivity index (χ4v) is 3.55. The van der Waals surface area contributed by atoms with Crippen LogP contribution in [0.4, 0.5) is 15.8 Å². The molecule has 0 radical (unpaired) electrons. The molecule has 0 saturated heterocycles. The van der Waals surface area contributed by atoms with E-state index in [1.165, 1.54) is 42.5 Å². The molecule has 7 nitrogen and oxygen atoms in total. The van der Waals surface area contributed by atoms with Gasteiger partial charge in [0.15, 0.2) is 5.82 Å². The number of carbonyl (C=O) groups excluding carboxylic acids is 3. The van der Waals surface area contributed by atoms with Crippen LogP contribution < -0.4 is 10.6 Å². The van der Waals surface area contributed by atoms with Crippen LogP contribution in [0.1, 0.15) is 28.8 Å². The summed E-state index contributed by atoms with van der Waals surface area (Å²) in [5.41, 5.74) is 1.14. The first-order valence-electron chi connectivity index (χ1n) is 10.7. The van der Waals surface area contributed by atoms with E-state index in [0.29, 0.717) is 12.1 Å². The molecule has 0 heterocycles. The Labute approximate surface area is 205 Å². The van der Waals surface area contributed by atoms with Crippen molar-refractivity contribution in [2.24, 2.45) is 5.92 Å². The lowest BCUT2D eigenvalue weighted by Crippen LogP contribution is -2.28. The Kier molecular flexibility index (Phi) is 8.69. The van der Waals surface area contributed by atoms with E-state index in [-0.39, 0.29) is 35.0 Å². The summed E-state index contributed by atoms with van der Waals surface area (Å²) in [4.78, 5) is 48.7. The van der Waals surface area contributed by atoms with Crippen molar-refractivity contribution in [2.75, 3.05) is 10.6 Å². The maximum absolute atomic E-state index is 14.0. The lowest BCUT2D eigenvalue weighted by molar-refractivity contribution is -0.135. The van der Waals surface area contributed by atoms with E-state index in [1.54, 1.807) is 0 Å². The second kappa shape index (κ2) is 11.9. The number of halogens is 2.